The number of hydrogen-bond donors (Lipinski definition) is 3. The summed E-state index contributed by atoms with van der Waals surface area (Å²) in [6, 6.07) is 13.0. The third-order valence-corrected chi connectivity index (χ3v) is 6.63. The standard InChI is InChI=1S/C24H23FN4O7S/c1-2-22(30)36-23-17(25)6-5-7-18(23)27-24(31)19(14-15-10-12-16(26)13-11-15)28-37(34,35)21-9-4-3-8-20(21)29(32)33/h3-13,19,28H,2,14,26H2,1H3,(H,27,31)/t19-/m0/s1. The van der Waals surface area contributed by atoms with Crippen LogP contribution in [-0.4, -0.2) is 31.3 Å². The summed E-state index contributed by atoms with van der Waals surface area (Å²) >= 11 is 0. The van der Waals surface area contributed by atoms with Gasteiger partial charge in [0.05, 0.1) is 10.6 Å². The maximum absolute atomic E-state index is 14.4. The van der Waals surface area contributed by atoms with E-state index in [9.17, 15) is 32.5 Å². The molecular formula is C24H23FN4O7S. The number of rotatable bonds is 10. The smallest absolute Gasteiger partial charge is 0.311 e. The zero-order chi connectivity index (χ0) is 27.2. The van der Waals surface area contributed by atoms with E-state index >= 15 is 0 Å². The Bertz CT molecular complexity index is 1430. The Morgan fingerprint density at radius 2 is 1.76 bits per heavy atom. The molecule has 0 saturated carbocycles. The molecule has 0 aromatic heterocycles. The maximum Gasteiger partial charge on any atom is 0.311 e. The Labute approximate surface area is 211 Å². The summed E-state index contributed by atoms with van der Waals surface area (Å²) in [5.41, 5.74) is 5.75. The average molecular weight is 531 g/mol. The van der Waals surface area contributed by atoms with Crippen LogP contribution in [0.3, 0.4) is 0 Å². The Kier molecular flexibility index (Phi) is 8.52. The summed E-state index contributed by atoms with van der Waals surface area (Å²) in [7, 11) is -4.58. The summed E-state index contributed by atoms with van der Waals surface area (Å²) in [6.07, 6.45) is -0.248. The van der Waals surface area contributed by atoms with E-state index in [-0.39, 0.29) is 18.5 Å². The van der Waals surface area contributed by atoms with E-state index in [0.29, 0.717) is 11.3 Å². The van der Waals surface area contributed by atoms with Crippen molar-refractivity contribution in [3.05, 3.63) is 88.2 Å². The number of sulfonamides is 1. The van der Waals surface area contributed by atoms with Gasteiger partial charge in [-0.05, 0) is 42.3 Å². The van der Waals surface area contributed by atoms with Crippen LogP contribution in [0.5, 0.6) is 5.75 Å². The molecule has 0 bridgehead atoms. The molecule has 0 aliphatic heterocycles. The quantitative estimate of drug-likeness (QED) is 0.118. The van der Waals surface area contributed by atoms with Crippen molar-refractivity contribution in [2.45, 2.75) is 30.7 Å². The number of amides is 1. The van der Waals surface area contributed by atoms with Gasteiger partial charge in [0, 0.05) is 18.2 Å². The third-order valence-electron chi connectivity index (χ3n) is 5.11. The number of carbonyl (C=O) groups excluding carboxylic acids is 2. The number of benzene rings is 3. The van der Waals surface area contributed by atoms with Crippen molar-refractivity contribution >= 4 is 39.0 Å². The van der Waals surface area contributed by atoms with E-state index in [4.69, 9.17) is 10.5 Å². The number of esters is 1. The number of ether oxygens (including phenoxy) is 1. The highest BCUT2D eigenvalue weighted by molar-refractivity contribution is 7.89. The van der Waals surface area contributed by atoms with Gasteiger partial charge in [-0.3, -0.25) is 19.7 Å². The number of para-hydroxylation sites is 2. The lowest BCUT2D eigenvalue weighted by Gasteiger charge is -2.20. The van der Waals surface area contributed by atoms with E-state index in [1.165, 1.54) is 31.2 Å². The van der Waals surface area contributed by atoms with Gasteiger partial charge in [0.25, 0.3) is 5.69 Å². The van der Waals surface area contributed by atoms with Gasteiger partial charge in [-0.1, -0.05) is 37.3 Å². The predicted octanol–water partition coefficient (Wildman–Crippen LogP) is 3.16. The normalized spacial score (nSPS) is 11.9. The topological polar surface area (TPSA) is 171 Å². The molecule has 37 heavy (non-hydrogen) atoms. The number of nitrogen functional groups attached to an aromatic ring is 1. The van der Waals surface area contributed by atoms with Crippen LogP contribution in [0.4, 0.5) is 21.5 Å². The van der Waals surface area contributed by atoms with Crippen molar-refractivity contribution in [1.82, 2.24) is 4.72 Å². The monoisotopic (exact) mass is 530 g/mol. The van der Waals surface area contributed by atoms with Gasteiger partial charge in [0.1, 0.15) is 6.04 Å². The van der Waals surface area contributed by atoms with Gasteiger partial charge in [-0.25, -0.2) is 12.8 Å². The largest absolute Gasteiger partial charge is 0.421 e. The molecule has 1 atom stereocenters. The Morgan fingerprint density at radius 1 is 1.08 bits per heavy atom. The van der Waals surface area contributed by atoms with E-state index < -0.39 is 55.0 Å². The second-order valence-corrected chi connectivity index (χ2v) is 9.46. The maximum atomic E-state index is 14.4. The van der Waals surface area contributed by atoms with Gasteiger partial charge in [0.15, 0.2) is 16.5 Å². The summed E-state index contributed by atoms with van der Waals surface area (Å²) in [4.78, 5) is 34.9. The van der Waals surface area contributed by atoms with Crippen LogP contribution < -0.4 is 20.5 Å². The van der Waals surface area contributed by atoms with E-state index in [1.54, 1.807) is 24.3 Å². The first-order valence-electron chi connectivity index (χ1n) is 10.9. The summed E-state index contributed by atoms with van der Waals surface area (Å²) in [5.74, 6) is -3.14. The Balaban J connectivity index is 1.98. The number of halogens is 1. The first-order valence-corrected chi connectivity index (χ1v) is 12.4. The first kappa shape index (κ1) is 27.2. The molecule has 3 rings (SSSR count). The molecule has 0 aliphatic carbocycles. The zero-order valence-electron chi connectivity index (χ0n) is 19.5. The van der Waals surface area contributed by atoms with Crippen molar-refractivity contribution in [1.29, 1.82) is 0 Å². The molecule has 13 heteroatoms. The van der Waals surface area contributed by atoms with Crippen LogP contribution in [0.1, 0.15) is 18.9 Å². The van der Waals surface area contributed by atoms with Crippen LogP contribution >= 0.6 is 0 Å². The first-order chi connectivity index (χ1) is 17.5. The number of carbonyl (C=O) groups is 2. The summed E-state index contributed by atoms with van der Waals surface area (Å²) in [6.45, 7) is 1.50. The predicted molar refractivity (Wildman–Crippen MR) is 133 cm³/mol. The van der Waals surface area contributed by atoms with Crippen LogP contribution in [-0.2, 0) is 26.0 Å². The molecule has 0 aliphatic rings. The number of nitrogens with two attached hydrogens (primary N) is 1. The average Bonchev–Trinajstić information content (AvgIpc) is 2.86. The SMILES string of the molecule is CCC(=O)Oc1c(F)cccc1NC(=O)[C@H](Cc1ccc(N)cc1)NS(=O)(=O)c1ccccc1[N+](=O)[O-]. The van der Waals surface area contributed by atoms with E-state index in [0.717, 1.165) is 18.2 Å². The van der Waals surface area contributed by atoms with Gasteiger partial charge < -0.3 is 15.8 Å². The minimum Gasteiger partial charge on any atom is -0.421 e. The fourth-order valence-corrected chi connectivity index (χ4v) is 4.65. The van der Waals surface area contributed by atoms with Gasteiger partial charge in [-0.15, -0.1) is 0 Å². The van der Waals surface area contributed by atoms with Crippen LogP contribution in [0.2, 0.25) is 0 Å². The minimum atomic E-state index is -4.58. The molecule has 3 aromatic rings. The van der Waals surface area contributed by atoms with Crippen LogP contribution in [0.25, 0.3) is 0 Å². The second-order valence-electron chi connectivity index (χ2n) is 7.78. The number of nitrogens with one attached hydrogen (secondary N) is 2. The lowest BCUT2D eigenvalue weighted by atomic mass is 10.1. The molecule has 0 heterocycles. The molecule has 3 aromatic carbocycles. The van der Waals surface area contributed by atoms with Crippen LogP contribution in [0.15, 0.2) is 71.6 Å². The molecule has 0 saturated heterocycles. The summed E-state index contributed by atoms with van der Waals surface area (Å²) < 4.78 is 47.8. The van der Waals surface area contributed by atoms with Crippen molar-refractivity contribution in [2.24, 2.45) is 0 Å². The molecule has 0 fully saturated rings. The number of nitrogens with zero attached hydrogens (tertiary/aromatic N) is 1. The highest BCUT2D eigenvalue weighted by Crippen LogP contribution is 2.29. The molecule has 0 radical (unpaired) electrons. The van der Waals surface area contributed by atoms with Gasteiger partial charge in [0.2, 0.25) is 15.9 Å². The number of anilines is 2. The fourth-order valence-electron chi connectivity index (χ4n) is 3.28. The Hall–Kier alpha value is -4.36. The minimum absolute atomic E-state index is 0.0584. The van der Waals surface area contributed by atoms with E-state index in [2.05, 4.69) is 10.0 Å². The van der Waals surface area contributed by atoms with E-state index in [1.807, 2.05) is 0 Å². The van der Waals surface area contributed by atoms with Crippen molar-refractivity contribution in [3.8, 4) is 5.75 Å². The van der Waals surface area contributed by atoms with Gasteiger partial charge in [-0.2, -0.15) is 4.72 Å². The van der Waals surface area contributed by atoms with Crippen molar-refractivity contribution < 1.29 is 32.1 Å². The zero-order valence-corrected chi connectivity index (χ0v) is 20.3. The lowest BCUT2D eigenvalue weighted by molar-refractivity contribution is -0.387. The number of nitro benzene ring substituents is 1. The molecular weight excluding hydrogens is 507 g/mol. The second kappa shape index (κ2) is 11.6. The van der Waals surface area contributed by atoms with Gasteiger partial charge >= 0.3 is 5.97 Å². The molecule has 0 unspecified atom stereocenters. The molecule has 1 amide bonds. The highest BCUT2D eigenvalue weighted by atomic mass is 32.2. The van der Waals surface area contributed by atoms with Crippen LogP contribution in [0, 0.1) is 15.9 Å². The molecule has 194 valence electrons. The van der Waals surface area contributed by atoms with Crippen molar-refractivity contribution in [2.75, 3.05) is 11.1 Å². The third kappa shape index (κ3) is 6.86. The summed E-state index contributed by atoms with van der Waals surface area (Å²) in [5, 5.41) is 13.8. The Morgan fingerprint density at radius 3 is 2.41 bits per heavy atom. The number of hydrogen-bond acceptors (Lipinski definition) is 8. The molecule has 4 N–H and O–H groups in total. The number of nitro groups is 1. The highest BCUT2D eigenvalue weighted by Gasteiger charge is 2.31. The van der Waals surface area contributed by atoms with Crippen molar-refractivity contribution in [3.63, 3.8) is 0 Å². The lowest BCUT2D eigenvalue weighted by Crippen LogP contribution is -2.45. The fraction of sp³-hybridized carbons (Fsp3) is 0.167. The molecule has 0 spiro atoms. The molecule has 11 nitrogen and oxygen atoms in total.